The highest BCUT2D eigenvalue weighted by molar-refractivity contribution is 6.53. The molecule has 3 radical (unpaired) electrons. The van der Waals surface area contributed by atoms with Crippen molar-refractivity contribution in [3.8, 4) is 0 Å². The molecule has 0 bridgehead atoms. The second-order valence-electron chi connectivity index (χ2n) is 3.75. The summed E-state index contributed by atoms with van der Waals surface area (Å²) < 4.78 is 24.3. The van der Waals surface area contributed by atoms with Crippen LogP contribution in [0.1, 0.15) is 11.1 Å². The summed E-state index contributed by atoms with van der Waals surface area (Å²) in [7, 11) is 0. The van der Waals surface area contributed by atoms with Gasteiger partial charge in [0.1, 0.15) is 11.4 Å². The van der Waals surface area contributed by atoms with Gasteiger partial charge in [-0.3, -0.25) is 0 Å². The van der Waals surface area contributed by atoms with E-state index in [0.717, 1.165) is 0 Å². The average Bonchev–Trinajstić information content (AvgIpc) is 2.52. The summed E-state index contributed by atoms with van der Waals surface area (Å²) >= 11 is 0. The van der Waals surface area contributed by atoms with Gasteiger partial charge < -0.3 is 0 Å². The van der Waals surface area contributed by atoms with Gasteiger partial charge in [-0.15, -0.1) is 0 Å². The number of rotatable bonds is 5. The van der Waals surface area contributed by atoms with Crippen LogP contribution >= 0.6 is 0 Å². The van der Waals surface area contributed by atoms with Gasteiger partial charge in [0.05, 0.1) is 0 Å². The summed E-state index contributed by atoms with van der Waals surface area (Å²) in [6, 6.07) is 17.1. The van der Waals surface area contributed by atoms with E-state index >= 15 is 0 Å². The Morgan fingerprint density at radius 1 is 0.667 bits per heavy atom. The van der Waals surface area contributed by atoms with Crippen LogP contribution in [0.25, 0.3) is 0 Å². The maximum Gasteiger partial charge on any atom is 0.144 e. The van der Waals surface area contributed by atoms with Crippen molar-refractivity contribution >= 4 is 19.8 Å². The molecule has 4 nitrogen and oxygen atoms in total. The van der Waals surface area contributed by atoms with Crippen LogP contribution in [0.3, 0.4) is 0 Å². The summed E-state index contributed by atoms with van der Waals surface area (Å²) in [4.78, 5) is 0. The van der Waals surface area contributed by atoms with Crippen LogP contribution < -0.4 is 0 Å². The van der Waals surface area contributed by atoms with Gasteiger partial charge in [0, 0.05) is 28.6 Å². The van der Waals surface area contributed by atoms with E-state index in [9.17, 15) is 9.05 Å². The quantitative estimate of drug-likeness (QED) is 0.481. The van der Waals surface area contributed by atoms with Gasteiger partial charge in [-0.2, -0.15) is 10.1 Å². The van der Waals surface area contributed by atoms with Gasteiger partial charge in [-0.1, -0.05) is 60.7 Å². The molecule has 0 aliphatic heterocycles. The lowest BCUT2D eigenvalue weighted by molar-refractivity contribution is -0.132. The second kappa shape index (κ2) is 8.47. The third-order valence-corrected chi connectivity index (χ3v) is 2.57. The van der Waals surface area contributed by atoms with E-state index in [4.69, 9.17) is 0 Å². The molecule has 0 aliphatic carbocycles. The standard InChI is InChI=1S/C14H10F2N2O2.B/c15-19-17-13(11-7-3-1-4-8-11)14(18-20-16)12-9-5-2-6-10-12;/h1-10H;. The predicted molar refractivity (Wildman–Crippen MR) is 76.1 cm³/mol. The number of hydrogen-bond donors (Lipinski definition) is 0. The summed E-state index contributed by atoms with van der Waals surface area (Å²) in [6.45, 7) is 0. The Morgan fingerprint density at radius 2 is 1.00 bits per heavy atom. The molecule has 0 aromatic heterocycles. The lowest BCUT2D eigenvalue weighted by Crippen LogP contribution is -2.17. The summed E-state index contributed by atoms with van der Waals surface area (Å²) in [5.41, 5.74) is 1.03. The van der Waals surface area contributed by atoms with Gasteiger partial charge >= 0.3 is 0 Å². The Labute approximate surface area is 122 Å². The second-order valence-corrected chi connectivity index (χ2v) is 3.75. The summed E-state index contributed by atoms with van der Waals surface area (Å²) in [6.07, 6.45) is 0. The van der Waals surface area contributed by atoms with Crippen LogP contribution in [0.2, 0.25) is 0 Å². The fourth-order valence-electron chi connectivity index (χ4n) is 1.73. The molecule has 2 aromatic rings. The molecule has 2 aromatic carbocycles. The van der Waals surface area contributed by atoms with Gasteiger partial charge in [0.2, 0.25) is 0 Å². The number of hydrogen-bond acceptors (Lipinski definition) is 4. The smallest absolute Gasteiger partial charge is 0.144 e. The van der Waals surface area contributed by atoms with Crippen molar-refractivity contribution < 1.29 is 19.1 Å². The van der Waals surface area contributed by atoms with E-state index in [2.05, 4.69) is 20.4 Å². The Morgan fingerprint density at radius 3 is 1.29 bits per heavy atom. The minimum absolute atomic E-state index is 0. The Hall–Kier alpha value is -2.70. The predicted octanol–water partition coefficient (Wildman–Crippen LogP) is 3.22. The average molecular weight is 287 g/mol. The largest absolute Gasteiger partial charge is 0.173 e. The van der Waals surface area contributed by atoms with Gasteiger partial charge in [-0.25, -0.2) is 0 Å². The van der Waals surface area contributed by atoms with Crippen LogP contribution in [0.5, 0.6) is 0 Å². The number of nitrogens with zero attached hydrogens (tertiary/aromatic N) is 2. The van der Waals surface area contributed by atoms with E-state index in [-0.39, 0.29) is 19.8 Å². The molecule has 0 saturated carbocycles. The van der Waals surface area contributed by atoms with E-state index < -0.39 is 0 Å². The molecule has 0 N–H and O–H groups in total. The van der Waals surface area contributed by atoms with Crippen molar-refractivity contribution in [2.75, 3.05) is 0 Å². The fraction of sp³-hybridized carbons (Fsp3) is 0. The monoisotopic (exact) mass is 287 g/mol. The molecule has 0 saturated heterocycles. The van der Waals surface area contributed by atoms with Crippen molar-refractivity contribution in [2.24, 2.45) is 10.3 Å². The normalized spacial score (nSPS) is 11.5. The molecule has 0 unspecified atom stereocenters. The molecule has 0 spiro atoms. The van der Waals surface area contributed by atoms with E-state index in [1.165, 1.54) is 0 Å². The first-order valence-corrected chi connectivity index (χ1v) is 5.69. The molecule has 0 fully saturated rings. The summed E-state index contributed by atoms with van der Waals surface area (Å²) in [5, 5.41) is 13.2. The molecular weight excluding hydrogens is 277 g/mol. The highest BCUT2D eigenvalue weighted by Gasteiger charge is 2.17. The highest BCUT2D eigenvalue weighted by atomic mass is 19.3. The van der Waals surface area contributed by atoms with E-state index in [1.54, 1.807) is 60.7 Å². The topological polar surface area (TPSA) is 43.2 Å². The lowest BCUT2D eigenvalue weighted by atomic mass is 10.0. The molecule has 0 atom stereocenters. The molecule has 21 heavy (non-hydrogen) atoms. The van der Waals surface area contributed by atoms with Crippen LogP contribution in [-0.2, 0) is 10.1 Å². The molecule has 2 rings (SSSR count). The molecule has 0 aliphatic rings. The van der Waals surface area contributed by atoms with Gasteiger partial charge in [-0.05, 0) is 10.3 Å². The maximum atomic E-state index is 12.2. The maximum absolute atomic E-state index is 12.2. The van der Waals surface area contributed by atoms with Gasteiger partial charge in [0.15, 0.2) is 0 Å². The van der Waals surface area contributed by atoms with Crippen molar-refractivity contribution in [3.63, 3.8) is 0 Å². The van der Waals surface area contributed by atoms with E-state index in [1.807, 2.05) is 0 Å². The first-order chi connectivity index (χ1) is 9.86. The lowest BCUT2D eigenvalue weighted by Gasteiger charge is -2.07. The van der Waals surface area contributed by atoms with Crippen LogP contribution in [-0.4, -0.2) is 19.8 Å². The first kappa shape index (κ1) is 16.4. The minimum atomic E-state index is 0. The SMILES string of the molecule is FON=C(C(=NOF)c1ccccc1)c1ccccc1.[B]. The van der Waals surface area contributed by atoms with Crippen molar-refractivity contribution in [1.82, 2.24) is 0 Å². The Balaban J connectivity index is 0.00000220. The zero-order chi connectivity index (χ0) is 14.2. The van der Waals surface area contributed by atoms with Crippen molar-refractivity contribution in [1.29, 1.82) is 0 Å². The van der Waals surface area contributed by atoms with Gasteiger partial charge in [0.25, 0.3) is 0 Å². The number of oxime groups is 2. The highest BCUT2D eigenvalue weighted by Crippen LogP contribution is 2.11. The van der Waals surface area contributed by atoms with Crippen LogP contribution in [0.15, 0.2) is 71.0 Å². The van der Waals surface area contributed by atoms with Crippen molar-refractivity contribution in [2.45, 2.75) is 0 Å². The molecular formula is C14H10BF2N2O2. The first-order valence-electron chi connectivity index (χ1n) is 5.69. The van der Waals surface area contributed by atoms with Crippen molar-refractivity contribution in [3.05, 3.63) is 71.8 Å². The molecule has 0 amide bonds. The van der Waals surface area contributed by atoms with Crippen LogP contribution in [0, 0.1) is 0 Å². The third-order valence-electron chi connectivity index (χ3n) is 2.57. The molecule has 105 valence electrons. The fourth-order valence-corrected chi connectivity index (χ4v) is 1.73. The summed E-state index contributed by atoms with van der Waals surface area (Å²) in [5.74, 6) is 0. The zero-order valence-electron chi connectivity index (χ0n) is 10.8. The Bertz CT molecular complexity index is 551. The minimum Gasteiger partial charge on any atom is -0.173 e. The zero-order valence-corrected chi connectivity index (χ0v) is 10.8. The number of benzene rings is 2. The number of halogens is 2. The van der Waals surface area contributed by atoms with Crippen LogP contribution in [0.4, 0.5) is 9.05 Å². The molecule has 0 heterocycles. The van der Waals surface area contributed by atoms with E-state index in [0.29, 0.717) is 11.1 Å². The Kier molecular flexibility index (Phi) is 6.60. The molecule has 7 heteroatoms. The third kappa shape index (κ3) is 4.14.